The fourth-order valence-electron chi connectivity index (χ4n) is 7.52. The first-order valence-electron chi connectivity index (χ1n) is 25.1. The molecule has 0 radical (unpaired) electrons. The number of allylic oxidation sites excluding steroid dienone is 1. The number of amides is 1. The van der Waals surface area contributed by atoms with Gasteiger partial charge in [0.15, 0.2) is 0 Å². The zero-order chi connectivity index (χ0) is 42.8. The van der Waals surface area contributed by atoms with E-state index in [2.05, 4.69) is 12.2 Å². The van der Waals surface area contributed by atoms with Crippen LogP contribution >= 0.6 is 7.82 Å². The number of phosphoric acid groups is 1. The molecule has 346 valence electrons. The number of hydrogen-bond donors (Lipinski definition) is 2. The number of phosphoric ester groups is 1. The molecule has 3 unspecified atom stereocenters. The molecule has 0 fully saturated rings. The second-order valence-corrected chi connectivity index (χ2v) is 19.9. The molecule has 58 heavy (non-hydrogen) atoms. The van der Waals surface area contributed by atoms with Gasteiger partial charge in [-0.05, 0) is 12.8 Å². The van der Waals surface area contributed by atoms with E-state index in [4.69, 9.17) is 9.05 Å². The van der Waals surface area contributed by atoms with E-state index in [1.165, 1.54) is 193 Å². The van der Waals surface area contributed by atoms with Crippen LogP contribution in [-0.2, 0) is 18.4 Å². The third-order valence-electron chi connectivity index (χ3n) is 11.5. The molecule has 2 N–H and O–H groups in total. The number of aliphatic hydroxyl groups excluding tert-OH is 1. The number of unbranched alkanes of at least 4 members (excludes halogenated alkanes) is 33. The molecule has 8 nitrogen and oxygen atoms in total. The van der Waals surface area contributed by atoms with Crippen LogP contribution in [0.15, 0.2) is 12.2 Å². The number of hydrogen-bond acceptors (Lipinski definition) is 6. The van der Waals surface area contributed by atoms with E-state index in [1.54, 1.807) is 6.08 Å². The van der Waals surface area contributed by atoms with E-state index >= 15 is 0 Å². The van der Waals surface area contributed by atoms with Gasteiger partial charge in [0.1, 0.15) is 13.2 Å². The van der Waals surface area contributed by atoms with E-state index in [9.17, 15) is 19.4 Å². The summed E-state index contributed by atoms with van der Waals surface area (Å²) in [4.78, 5) is 25.0. The minimum atomic E-state index is -4.56. The van der Waals surface area contributed by atoms with Gasteiger partial charge in [0, 0.05) is 6.42 Å². The number of quaternary nitrogens is 1. The maximum absolute atomic E-state index is 12.7. The Morgan fingerprint density at radius 2 is 0.931 bits per heavy atom. The zero-order valence-corrected chi connectivity index (χ0v) is 40.2. The van der Waals surface area contributed by atoms with Crippen molar-refractivity contribution in [2.24, 2.45) is 0 Å². The average Bonchev–Trinajstić information content (AvgIpc) is 3.17. The third kappa shape index (κ3) is 43.3. The number of rotatable bonds is 46. The molecule has 0 heterocycles. The molecule has 1 amide bonds. The number of carbonyl (C=O) groups excluding carboxylic acids is 1. The lowest BCUT2D eigenvalue weighted by atomic mass is 10.0. The van der Waals surface area contributed by atoms with Gasteiger partial charge in [-0.25, -0.2) is 0 Å². The normalized spacial score (nSPS) is 14.3. The molecule has 3 atom stereocenters. The van der Waals surface area contributed by atoms with Gasteiger partial charge >= 0.3 is 0 Å². The fraction of sp³-hybridized carbons (Fsp3) is 0.939. The highest BCUT2D eigenvalue weighted by Crippen LogP contribution is 2.38. The molecule has 0 spiro atoms. The number of aliphatic hydroxyl groups is 1. The lowest BCUT2D eigenvalue weighted by Crippen LogP contribution is -2.45. The summed E-state index contributed by atoms with van der Waals surface area (Å²) in [5.41, 5.74) is 0. The van der Waals surface area contributed by atoms with Crippen molar-refractivity contribution in [1.82, 2.24) is 5.32 Å². The number of carbonyl (C=O) groups is 1. The van der Waals surface area contributed by atoms with Crippen LogP contribution in [-0.4, -0.2) is 68.5 Å². The van der Waals surface area contributed by atoms with Crippen LogP contribution in [0.1, 0.15) is 245 Å². The number of nitrogens with one attached hydrogen (secondary N) is 1. The van der Waals surface area contributed by atoms with Crippen molar-refractivity contribution in [3.05, 3.63) is 12.2 Å². The Kier molecular flexibility index (Phi) is 41.0. The minimum absolute atomic E-state index is 0.0000126. The molecular formula is C49H99N2O6P. The highest BCUT2D eigenvalue weighted by Gasteiger charge is 2.23. The molecule has 0 aliphatic heterocycles. The van der Waals surface area contributed by atoms with E-state index in [-0.39, 0.29) is 19.1 Å². The summed E-state index contributed by atoms with van der Waals surface area (Å²) in [6.45, 7) is 4.45. The molecule has 0 saturated heterocycles. The summed E-state index contributed by atoms with van der Waals surface area (Å²) < 4.78 is 22.9. The van der Waals surface area contributed by atoms with Crippen LogP contribution in [0.5, 0.6) is 0 Å². The quantitative estimate of drug-likeness (QED) is 0.0273. The van der Waals surface area contributed by atoms with Crippen LogP contribution < -0.4 is 10.2 Å². The number of nitrogens with zero attached hydrogens (tertiary/aromatic N) is 1. The first-order chi connectivity index (χ1) is 28.0. The summed E-state index contributed by atoms with van der Waals surface area (Å²) in [6, 6.07) is -0.877. The number of likely N-dealkylation sites (N-methyl/N-ethyl adjacent to an activating group) is 1. The second kappa shape index (κ2) is 41.6. The van der Waals surface area contributed by atoms with E-state index in [1.807, 2.05) is 34.1 Å². The molecular weight excluding hydrogens is 744 g/mol. The predicted molar refractivity (Wildman–Crippen MR) is 247 cm³/mol. The first kappa shape index (κ1) is 57.2. The van der Waals surface area contributed by atoms with Crippen molar-refractivity contribution in [3.8, 4) is 0 Å². The van der Waals surface area contributed by atoms with Crippen molar-refractivity contribution >= 4 is 13.7 Å². The maximum Gasteiger partial charge on any atom is 0.268 e. The Labute approximate surface area is 361 Å². The Morgan fingerprint density at radius 1 is 0.586 bits per heavy atom. The molecule has 0 rings (SSSR count). The summed E-state index contributed by atoms with van der Waals surface area (Å²) in [7, 11) is 1.26. The summed E-state index contributed by atoms with van der Waals surface area (Å²) in [6.07, 6.45) is 49.7. The molecule has 0 saturated carbocycles. The van der Waals surface area contributed by atoms with Crippen molar-refractivity contribution in [1.29, 1.82) is 0 Å². The smallest absolute Gasteiger partial charge is 0.268 e. The van der Waals surface area contributed by atoms with Gasteiger partial charge in [0.2, 0.25) is 5.91 Å². The zero-order valence-electron chi connectivity index (χ0n) is 39.3. The van der Waals surface area contributed by atoms with Gasteiger partial charge in [-0.1, -0.05) is 238 Å². The maximum atomic E-state index is 12.7. The first-order valence-corrected chi connectivity index (χ1v) is 26.5. The molecule has 0 aromatic rings. The largest absolute Gasteiger partial charge is 0.756 e. The molecule has 0 bridgehead atoms. The Morgan fingerprint density at radius 3 is 1.26 bits per heavy atom. The standard InChI is InChI=1S/C49H99N2O6P/c1-6-8-10-11-12-13-14-15-16-17-18-19-20-21-22-23-24-25-26-27-28-29-30-31-32-33-34-35-36-37-38-39-41-43-49(53)50-47(48(52)42-40-9-7-2)46-57-58(54,55)56-45-44-51(3,4)5/h40,42,47-48,52H,6-39,41,43-46H2,1-5H3,(H-,50,53,54,55)/b42-40+. The molecule has 0 aromatic heterocycles. The Bertz CT molecular complexity index is 958. The molecule has 0 aromatic carbocycles. The minimum Gasteiger partial charge on any atom is -0.756 e. The predicted octanol–water partition coefficient (Wildman–Crippen LogP) is 13.7. The third-order valence-corrected chi connectivity index (χ3v) is 12.4. The van der Waals surface area contributed by atoms with Crippen molar-refractivity contribution in [2.75, 3.05) is 40.9 Å². The topological polar surface area (TPSA) is 108 Å². The van der Waals surface area contributed by atoms with Gasteiger partial charge in [0.05, 0.1) is 39.9 Å². The van der Waals surface area contributed by atoms with Gasteiger partial charge < -0.3 is 28.8 Å². The fourth-order valence-corrected chi connectivity index (χ4v) is 8.24. The van der Waals surface area contributed by atoms with Gasteiger partial charge in [-0.15, -0.1) is 0 Å². The lowest BCUT2D eigenvalue weighted by molar-refractivity contribution is -0.870. The SMILES string of the molecule is CCC/C=C/C(O)C(COP(=O)([O-])OCC[N+](C)(C)C)NC(=O)CCCCCCCCCCCCCCCCCCCCCCCCCCCCCCCCCCC. The Balaban J connectivity index is 3.64. The summed E-state index contributed by atoms with van der Waals surface area (Å²) >= 11 is 0. The van der Waals surface area contributed by atoms with Crippen LogP contribution in [0.3, 0.4) is 0 Å². The van der Waals surface area contributed by atoms with E-state index in [0.717, 1.165) is 32.1 Å². The van der Waals surface area contributed by atoms with Crippen LogP contribution in [0.4, 0.5) is 0 Å². The average molecular weight is 843 g/mol. The van der Waals surface area contributed by atoms with Crippen LogP contribution in [0.25, 0.3) is 0 Å². The Hall–Kier alpha value is -0.760. The van der Waals surface area contributed by atoms with Crippen molar-refractivity contribution in [2.45, 2.75) is 257 Å². The van der Waals surface area contributed by atoms with Gasteiger partial charge in [-0.3, -0.25) is 9.36 Å². The van der Waals surface area contributed by atoms with Gasteiger partial charge in [-0.2, -0.15) is 0 Å². The highest BCUT2D eigenvalue weighted by atomic mass is 31.2. The highest BCUT2D eigenvalue weighted by molar-refractivity contribution is 7.45. The van der Waals surface area contributed by atoms with E-state index < -0.39 is 20.0 Å². The summed E-state index contributed by atoms with van der Waals surface area (Å²) in [5, 5.41) is 13.4. The second-order valence-electron chi connectivity index (χ2n) is 18.5. The van der Waals surface area contributed by atoms with Gasteiger partial charge in [0.25, 0.3) is 7.82 Å². The van der Waals surface area contributed by atoms with Crippen LogP contribution in [0.2, 0.25) is 0 Å². The molecule has 9 heteroatoms. The van der Waals surface area contributed by atoms with Crippen LogP contribution in [0, 0.1) is 0 Å². The monoisotopic (exact) mass is 843 g/mol. The van der Waals surface area contributed by atoms with Crippen molar-refractivity contribution in [3.63, 3.8) is 0 Å². The molecule has 0 aliphatic carbocycles. The summed E-state index contributed by atoms with van der Waals surface area (Å²) in [5.74, 6) is -0.205. The lowest BCUT2D eigenvalue weighted by Gasteiger charge is -2.29. The van der Waals surface area contributed by atoms with Crippen molar-refractivity contribution < 1.29 is 32.9 Å². The van der Waals surface area contributed by atoms with E-state index in [0.29, 0.717) is 17.4 Å². The molecule has 0 aliphatic rings.